The summed E-state index contributed by atoms with van der Waals surface area (Å²) in [6.45, 7) is 8.86. The van der Waals surface area contributed by atoms with Crippen LogP contribution in [-0.4, -0.2) is 29.8 Å². The van der Waals surface area contributed by atoms with Crippen molar-refractivity contribution in [1.82, 2.24) is 10.2 Å². The van der Waals surface area contributed by atoms with Crippen molar-refractivity contribution >= 4 is 23.4 Å². The van der Waals surface area contributed by atoms with E-state index in [-0.39, 0.29) is 17.2 Å². The van der Waals surface area contributed by atoms with Crippen molar-refractivity contribution in [3.05, 3.63) is 70.2 Å². The van der Waals surface area contributed by atoms with Crippen LogP contribution < -0.4 is 5.32 Å². The van der Waals surface area contributed by atoms with Gasteiger partial charge in [0.25, 0.3) is 0 Å². The highest BCUT2D eigenvalue weighted by Gasteiger charge is 2.27. The van der Waals surface area contributed by atoms with E-state index in [1.165, 1.54) is 5.56 Å². The highest BCUT2D eigenvalue weighted by molar-refractivity contribution is 6.30. The molecule has 2 aromatic carbocycles. The van der Waals surface area contributed by atoms with Crippen molar-refractivity contribution in [2.45, 2.75) is 65.0 Å². The Balaban J connectivity index is 2.14. The van der Waals surface area contributed by atoms with Crippen molar-refractivity contribution in [3.8, 4) is 0 Å². The molecule has 2 amide bonds. The largest absolute Gasteiger partial charge is 0.357 e. The molecule has 0 spiro atoms. The highest BCUT2D eigenvalue weighted by Crippen LogP contribution is 2.23. The molecule has 0 saturated carbocycles. The molecule has 2 rings (SSSR count). The number of nitrogens with zero attached hydrogens (tertiary/aromatic N) is 1. The number of rotatable bonds is 8. The summed E-state index contributed by atoms with van der Waals surface area (Å²) in [6.07, 6.45) is 1.56. The molecular formula is C25H33ClN2O2. The van der Waals surface area contributed by atoms with Crippen LogP contribution in [0.5, 0.6) is 0 Å². The lowest BCUT2D eigenvalue weighted by atomic mass is 9.86. The SMILES string of the molecule is CC[C@@H](C(=O)NC)N(Cc1ccc(Cl)cc1)C(=O)CCc1ccc(C(C)(C)C)cc1. The molecule has 0 unspecified atom stereocenters. The van der Waals surface area contributed by atoms with Crippen molar-refractivity contribution in [1.29, 1.82) is 0 Å². The topological polar surface area (TPSA) is 49.4 Å². The molecule has 0 heterocycles. The van der Waals surface area contributed by atoms with E-state index in [0.29, 0.717) is 30.8 Å². The molecular weight excluding hydrogens is 396 g/mol. The molecule has 2 aromatic rings. The van der Waals surface area contributed by atoms with Gasteiger partial charge in [-0.1, -0.05) is 75.7 Å². The quantitative estimate of drug-likeness (QED) is 0.634. The van der Waals surface area contributed by atoms with Crippen LogP contribution in [0, 0.1) is 0 Å². The van der Waals surface area contributed by atoms with Crippen molar-refractivity contribution in [2.75, 3.05) is 7.05 Å². The van der Waals surface area contributed by atoms with Gasteiger partial charge in [0.15, 0.2) is 0 Å². The summed E-state index contributed by atoms with van der Waals surface area (Å²) in [5, 5.41) is 3.33. The second kappa shape index (κ2) is 10.6. The van der Waals surface area contributed by atoms with Crippen LogP contribution in [0.2, 0.25) is 5.02 Å². The maximum Gasteiger partial charge on any atom is 0.242 e. The minimum Gasteiger partial charge on any atom is -0.357 e. The predicted octanol–water partition coefficient (Wildman–Crippen LogP) is 5.12. The number of carbonyl (C=O) groups excluding carboxylic acids is 2. The average Bonchev–Trinajstić information content (AvgIpc) is 2.72. The third-order valence-corrected chi connectivity index (χ3v) is 5.60. The lowest BCUT2D eigenvalue weighted by Crippen LogP contribution is -2.48. The molecule has 0 radical (unpaired) electrons. The van der Waals surface area contributed by atoms with Gasteiger partial charge >= 0.3 is 0 Å². The number of hydrogen-bond acceptors (Lipinski definition) is 2. The standard InChI is InChI=1S/C25H33ClN2O2/c1-6-22(24(30)27-5)28(17-19-9-14-21(26)15-10-19)23(29)16-11-18-7-12-20(13-8-18)25(2,3)4/h7-10,12-15,22H,6,11,16-17H2,1-5H3,(H,27,30)/t22-/m0/s1. The van der Waals surface area contributed by atoms with Gasteiger partial charge in [-0.3, -0.25) is 9.59 Å². The zero-order valence-electron chi connectivity index (χ0n) is 18.7. The Bertz CT molecular complexity index is 839. The van der Waals surface area contributed by atoms with Gasteiger partial charge in [0.2, 0.25) is 11.8 Å². The zero-order valence-corrected chi connectivity index (χ0v) is 19.4. The fourth-order valence-corrected chi connectivity index (χ4v) is 3.56. The summed E-state index contributed by atoms with van der Waals surface area (Å²) in [4.78, 5) is 27.3. The summed E-state index contributed by atoms with van der Waals surface area (Å²) in [5.74, 6) is -0.172. The summed E-state index contributed by atoms with van der Waals surface area (Å²) in [7, 11) is 1.60. The van der Waals surface area contributed by atoms with Crippen LogP contribution in [0.25, 0.3) is 0 Å². The van der Waals surface area contributed by atoms with Gasteiger partial charge in [0.1, 0.15) is 6.04 Å². The van der Waals surface area contributed by atoms with Gasteiger partial charge in [-0.2, -0.15) is 0 Å². The first-order valence-electron chi connectivity index (χ1n) is 10.5. The van der Waals surface area contributed by atoms with Crippen molar-refractivity contribution in [3.63, 3.8) is 0 Å². The minimum absolute atomic E-state index is 0.0275. The molecule has 0 bridgehead atoms. The fourth-order valence-electron chi connectivity index (χ4n) is 3.44. The first kappa shape index (κ1) is 23.9. The van der Waals surface area contributed by atoms with E-state index < -0.39 is 6.04 Å². The Hall–Kier alpha value is -2.33. The van der Waals surface area contributed by atoms with Crippen LogP contribution in [0.15, 0.2) is 48.5 Å². The second-order valence-electron chi connectivity index (χ2n) is 8.63. The first-order chi connectivity index (χ1) is 14.2. The average molecular weight is 429 g/mol. The number of carbonyl (C=O) groups is 2. The Morgan fingerprint density at radius 3 is 2.07 bits per heavy atom. The lowest BCUT2D eigenvalue weighted by Gasteiger charge is -2.30. The number of hydrogen-bond donors (Lipinski definition) is 1. The molecule has 0 saturated heterocycles. The van der Waals surface area contributed by atoms with Gasteiger partial charge in [-0.15, -0.1) is 0 Å². The third-order valence-electron chi connectivity index (χ3n) is 5.35. The minimum atomic E-state index is -0.499. The molecule has 162 valence electrons. The normalized spacial score (nSPS) is 12.3. The predicted molar refractivity (Wildman–Crippen MR) is 124 cm³/mol. The second-order valence-corrected chi connectivity index (χ2v) is 9.07. The van der Waals surface area contributed by atoms with Gasteiger partial charge in [0, 0.05) is 25.0 Å². The van der Waals surface area contributed by atoms with E-state index in [4.69, 9.17) is 11.6 Å². The van der Waals surface area contributed by atoms with E-state index in [1.54, 1.807) is 24.1 Å². The van der Waals surface area contributed by atoms with Crippen LogP contribution in [0.1, 0.15) is 57.2 Å². The molecule has 0 fully saturated rings. The number of aryl methyl sites for hydroxylation is 1. The highest BCUT2D eigenvalue weighted by atomic mass is 35.5. The van der Waals surface area contributed by atoms with Gasteiger partial charge in [-0.05, 0) is 47.1 Å². The van der Waals surface area contributed by atoms with Crippen LogP contribution in [-0.2, 0) is 28.0 Å². The molecule has 1 N–H and O–H groups in total. The lowest BCUT2D eigenvalue weighted by molar-refractivity contribution is -0.141. The monoisotopic (exact) mass is 428 g/mol. The Kier molecular flexibility index (Phi) is 8.48. The number of likely N-dealkylation sites (N-methyl/N-ethyl adjacent to an activating group) is 1. The molecule has 0 aliphatic rings. The number of benzene rings is 2. The maximum atomic E-state index is 13.2. The van der Waals surface area contributed by atoms with E-state index in [0.717, 1.165) is 11.1 Å². The Morgan fingerprint density at radius 2 is 1.57 bits per heavy atom. The van der Waals surface area contributed by atoms with Crippen molar-refractivity contribution in [2.24, 2.45) is 0 Å². The molecule has 0 aliphatic carbocycles. The molecule has 0 aromatic heterocycles. The zero-order chi connectivity index (χ0) is 22.3. The van der Waals surface area contributed by atoms with Gasteiger partial charge < -0.3 is 10.2 Å². The smallest absolute Gasteiger partial charge is 0.242 e. The van der Waals surface area contributed by atoms with Crippen molar-refractivity contribution < 1.29 is 9.59 Å². The Labute approximate surface area is 185 Å². The molecule has 1 atom stereocenters. The maximum absolute atomic E-state index is 13.2. The number of halogens is 1. The van der Waals surface area contributed by atoms with E-state index in [2.05, 4.69) is 50.4 Å². The van der Waals surface area contributed by atoms with E-state index in [9.17, 15) is 9.59 Å². The third kappa shape index (κ3) is 6.60. The molecule has 30 heavy (non-hydrogen) atoms. The number of nitrogens with one attached hydrogen (secondary N) is 1. The van der Waals surface area contributed by atoms with Gasteiger partial charge in [0.05, 0.1) is 0 Å². The summed E-state index contributed by atoms with van der Waals surface area (Å²) in [6, 6.07) is 15.3. The molecule has 4 nitrogen and oxygen atoms in total. The molecule has 5 heteroatoms. The van der Waals surface area contributed by atoms with Crippen LogP contribution in [0.3, 0.4) is 0 Å². The van der Waals surface area contributed by atoms with E-state index >= 15 is 0 Å². The summed E-state index contributed by atoms with van der Waals surface area (Å²) < 4.78 is 0. The van der Waals surface area contributed by atoms with Gasteiger partial charge in [-0.25, -0.2) is 0 Å². The summed E-state index contributed by atoms with van der Waals surface area (Å²) in [5.41, 5.74) is 3.44. The first-order valence-corrected chi connectivity index (χ1v) is 10.9. The van der Waals surface area contributed by atoms with E-state index in [1.807, 2.05) is 19.1 Å². The number of amides is 2. The Morgan fingerprint density at radius 1 is 1.00 bits per heavy atom. The summed E-state index contributed by atoms with van der Waals surface area (Å²) >= 11 is 5.99. The van der Waals surface area contributed by atoms with Crippen LogP contribution in [0.4, 0.5) is 0 Å². The van der Waals surface area contributed by atoms with Crippen LogP contribution >= 0.6 is 11.6 Å². The molecule has 0 aliphatic heterocycles. The fraction of sp³-hybridized carbons (Fsp3) is 0.440.